The lowest BCUT2D eigenvalue weighted by molar-refractivity contribution is 0.0673. The first-order chi connectivity index (χ1) is 6.15. The minimum atomic E-state index is -2.99. The number of alkyl halides is 2. The fourth-order valence-corrected chi connectivity index (χ4v) is 1.48. The molecule has 72 valence electrons. The molecule has 0 aliphatic rings. The van der Waals surface area contributed by atoms with Gasteiger partial charge in [0, 0.05) is 12.5 Å². The second kappa shape index (κ2) is 4.38. The second-order valence-corrected chi connectivity index (χ2v) is 3.17. The van der Waals surface area contributed by atoms with Gasteiger partial charge in [-0.2, -0.15) is 0 Å². The van der Waals surface area contributed by atoms with Gasteiger partial charge in [0.15, 0.2) is 0 Å². The van der Waals surface area contributed by atoms with Crippen LogP contribution in [-0.4, -0.2) is 24.3 Å². The van der Waals surface area contributed by atoms with Crippen LogP contribution in [0.2, 0.25) is 0 Å². The van der Waals surface area contributed by atoms with Gasteiger partial charge in [-0.25, -0.2) is 13.8 Å². The van der Waals surface area contributed by atoms with E-state index >= 15 is 0 Å². The lowest BCUT2D eigenvalue weighted by Crippen LogP contribution is -2.10. The van der Waals surface area contributed by atoms with E-state index in [0.717, 1.165) is 11.3 Å². The highest BCUT2D eigenvalue weighted by atomic mass is 32.1. The van der Waals surface area contributed by atoms with Crippen molar-refractivity contribution >= 4 is 17.1 Å². The van der Waals surface area contributed by atoms with Crippen LogP contribution in [0.5, 0.6) is 0 Å². The summed E-state index contributed by atoms with van der Waals surface area (Å²) in [7, 11) is 1.47. The number of carbonyl (C=O) groups is 1. The van der Waals surface area contributed by atoms with Crippen molar-refractivity contribution in [2.45, 2.75) is 13.0 Å². The maximum atomic E-state index is 11.9. The molecule has 0 radical (unpaired) electrons. The average Bonchev–Trinajstić information content (AvgIpc) is 2.52. The fraction of sp³-hybridized carbons (Fsp3) is 0.429. The van der Waals surface area contributed by atoms with E-state index in [9.17, 15) is 13.6 Å². The molecule has 0 aromatic carbocycles. The topological polar surface area (TPSA) is 39.2 Å². The Bertz CT molecular complexity index is 300. The molecule has 1 rings (SSSR count). The van der Waals surface area contributed by atoms with Crippen molar-refractivity contribution in [3.8, 4) is 0 Å². The molecule has 0 aliphatic carbocycles. The largest absolute Gasteiger partial charge is 0.378 e. The predicted molar refractivity (Wildman–Crippen MR) is 43.2 cm³/mol. The Balaban J connectivity index is 2.73. The van der Waals surface area contributed by atoms with Crippen LogP contribution in [0.4, 0.5) is 8.78 Å². The highest BCUT2D eigenvalue weighted by molar-refractivity contribution is 7.09. The van der Waals surface area contributed by atoms with Crippen LogP contribution < -0.4 is 0 Å². The van der Waals surface area contributed by atoms with E-state index in [2.05, 4.69) is 4.98 Å². The molecule has 1 aromatic rings. The molecule has 3 nitrogen and oxygen atoms in total. The summed E-state index contributed by atoms with van der Waals surface area (Å²) in [5, 5.41) is 1.83. The summed E-state index contributed by atoms with van der Waals surface area (Å²) in [4.78, 5) is 14.4. The van der Waals surface area contributed by atoms with Gasteiger partial charge in [-0.15, -0.1) is 11.3 Å². The number of methoxy groups -OCH3 is 1. The standard InChI is InChI=1S/C7H7F2NO2S/c1-12-2-5-10-4(3-13-5)6(11)7(8)9/h3,7H,2H2,1H3. The number of hydrogen-bond donors (Lipinski definition) is 0. The molecule has 0 aliphatic heterocycles. The van der Waals surface area contributed by atoms with Crippen molar-refractivity contribution < 1.29 is 18.3 Å². The monoisotopic (exact) mass is 207 g/mol. The highest BCUT2D eigenvalue weighted by Crippen LogP contribution is 2.13. The van der Waals surface area contributed by atoms with Crippen LogP contribution >= 0.6 is 11.3 Å². The summed E-state index contributed by atoms with van der Waals surface area (Å²) in [6, 6.07) is 0. The molecule has 0 bridgehead atoms. The number of hydrogen-bond acceptors (Lipinski definition) is 4. The number of carbonyl (C=O) groups excluding carboxylic acids is 1. The minimum absolute atomic E-state index is 0.188. The van der Waals surface area contributed by atoms with Crippen LogP contribution in [-0.2, 0) is 11.3 Å². The molecule has 0 fully saturated rings. The van der Waals surface area contributed by atoms with E-state index < -0.39 is 12.2 Å². The number of nitrogens with zero attached hydrogens (tertiary/aromatic N) is 1. The van der Waals surface area contributed by atoms with Gasteiger partial charge in [-0.05, 0) is 0 Å². The average molecular weight is 207 g/mol. The molecule has 0 spiro atoms. The van der Waals surface area contributed by atoms with E-state index in [0.29, 0.717) is 5.01 Å². The van der Waals surface area contributed by atoms with Crippen molar-refractivity contribution in [2.75, 3.05) is 7.11 Å². The first kappa shape index (κ1) is 10.2. The molecule has 0 amide bonds. The molecule has 0 saturated carbocycles. The summed E-state index contributed by atoms with van der Waals surface area (Å²) in [6.07, 6.45) is -2.99. The van der Waals surface area contributed by atoms with E-state index in [-0.39, 0.29) is 12.3 Å². The summed E-state index contributed by atoms with van der Waals surface area (Å²) in [6.45, 7) is 0.237. The molecule has 13 heavy (non-hydrogen) atoms. The van der Waals surface area contributed by atoms with Crippen molar-refractivity contribution in [3.63, 3.8) is 0 Å². The number of Topliss-reactive ketones (excluding diaryl/α,β-unsaturated/α-hetero) is 1. The summed E-state index contributed by atoms with van der Waals surface area (Å²) < 4.78 is 28.5. The van der Waals surface area contributed by atoms with E-state index in [1.54, 1.807) is 0 Å². The van der Waals surface area contributed by atoms with Crippen LogP contribution in [0, 0.1) is 0 Å². The lowest BCUT2D eigenvalue weighted by Gasteiger charge is -1.93. The maximum Gasteiger partial charge on any atom is 0.302 e. The molecule has 1 heterocycles. The van der Waals surface area contributed by atoms with Crippen LogP contribution in [0.15, 0.2) is 5.38 Å². The summed E-state index contributed by atoms with van der Waals surface area (Å²) in [5.41, 5.74) is -0.188. The number of ether oxygens (including phenoxy) is 1. The summed E-state index contributed by atoms with van der Waals surface area (Å²) >= 11 is 1.13. The fourth-order valence-electron chi connectivity index (χ4n) is 0.726. The SMILES string of the molecule is COCc1nc(C(=O)C(F)F)cs1. The van der Waals surface area contributed by atoms with Gasteiger partial charge in [0.05, 0.1) is 6.61 Å². The number of rotatable bonds is 4. The predicted octanol–water partition coefficient (Wildman–Crippen LogP) is 1.74. The second-order valence-electron chi connectivity index (χ2n) is 2.22. The smallest absolute Gasteiger partial charge is 0.302 e. The first-order valence-corrected chi connectivity index (χ1v) is 4.29. The van der Waals surface area contributed by atoms with Crippen LogP contribution in [0.25, 0.3) is 0 Å². The minimum Gasteiger partial charge on any atom is -0.378 e. The van der Waals surface area contributed by atoms with Gasteiger partial charge < -0.3 is 4.74 Å². The van der Waals surface area contributed by atoms with Gasteiger partial charge in [-0.3, -0.25) is 4.79 Å². The zero-order valence-corrected chi connectivity index (χ0v) is 7.61. The molecule has 0 saturated heterocycles. The lowest BCUT2D eigenvalue weighted by atomic mass is 10.3. The Hall–Kier alpha value is -0.880. The normalized spacial score (nSPS) is 10.8. The van der Waals surface area contributed by atoms with Gasteiger partial charge in [0.1, 0.15) is 10.7 Å². The molecule has 0 atom stereocenters. The Morgan fingerprint density at radius 1 is 1.77 bits per heavy atom. The number of halogens is 2. The van der Waals surface area contributed by atoms with E-state index in [1.807, 2.05) is 0 Å². The van der Waals surface area contributed by atoms with Gasteiger partial charge in [0.25, 0.3) is 0 Å². The molecule has 0 unspecified atom stereocenters. The zero-order chi connectivity index (χ0) is 9.84. The van der Waals surface area contributed by atoms with Crippen molar-refractivity contribution in [1.29, 1.82) is 0 Å². The van der Waals surface area contributed by atoms with Gasteiger partial charge >= 0.3 is 6.43 Å². The van der Waals surface area contributed by atoms with Crippen LogP contribution in [0.3, 0.4) is 0 Å². The third kappa shape index (κ3) is 2.53. The maximum absolute atomic E-state index is 11.9. The third-order valence-corrected chi connectivity index (χ3v) is 2.09. The van der Waals surface area contributed by atoms with Crippen molar-refractivity contribution in [2.24, 2.45) is 0 Å². The summed E-state index contributed by atoms with van der Waals surface area (Å²) in [5.74, 6) is -1.24. The zero-order valence-electron chi connectivity index (χ0n) is 6.79. The van der Waals surface area contributed by atoms with Crippen molar-refractivity contribution in [3.05, 3.63) is 16.1 Å². The molecular formula is C7H7F2NO2S. The Labute approximate surface area is 77.4 Å². The van der Waals surface area contributed by atoms with E-state index in [1.165, 1.54) is 12.5 Å². The number of thiazole rings is 1. The van der Waals surface area contributed by atoms with Gasteiger partial charge in [0.2, 0.25) is 5.78 Å². The van der Waals surface area contributed by atoms with Crippen molar-refractivity contribution in [1.82, 2.24) is 4.98 Å². The number of ketones is 1. The highest BCUT2D eigenvalue weighted by Gasteiger charge is 2.20. The Kier molecular flexibility index (Phi) is 3.44. The number of aromatic nitrogens is 1. The van der Waals surface area contributed by atoms with Crippen LogP contribution in [0.1, 0.15) is 15.5 Å². The molecular weight excluding hydrogens is 200 g/mol. The molecule has 1 aromatic heterocycles. The van der Waals surface area contributed by atoms with E-state index in [4.69, 9.17) is 4.74 Å². The molecule has 0 N–H and O–H groups in total. The Morgan fingerprint density at radius 2 is 2.46 bits per heavy atom. The molecule has 6 heteroatoms. The van der Waals surface area contributed by atoms with Gasteiger partial charge in [-0.1, -0.05) is 0 Å². The Morgan fingerprint density at radius 3 is 3.00 bits per heavy atom. The quantitative estimate of drug-likeness (QED) is 0.706. The first-order valence-electron chi connectivity index (χ1n) is 3.41. The third-order valence-electron chi connectivity index (χ3n) is 1.27.